The molecular weight excluding hydrogens is 578 g/mol. The summed E-state index contributed by atoms with van der Waals surface area (Å²) in [4.78, 5) is 39.7. The van der Waals surface area contributed by atoms with E-state index in [1.807, 2.05) is 0 Å². The quantitative estimate of drug-likeness (QED) is 0.168. The van der Waals surface area contributed by atoms with Crippen LogP contribution in [-0.2, 0) is 37.8 Å². The molecule has 0 saturated carbocycles. The maximum absolute atomic E-state index is 13.6. The second-order valence-corrected chi connectivity index (χ2v) is 10.2. The summed E-state index contributed by atoms with van der Waals surface area (Å²) >= 11 is 0. The number of rotatable bonds is 5. The fourth-order valence-corrected chi connectivity index (χ4v) is 5.75. The van der Waals surface area contributed by atoms with Crippen molar-refractivity contribution in [1.29, 1.82) is 0 Å². The normalized spacial score (nSPS) is 29.1. The van der Waals surface area contributed by atoms with E-state index in [0.29, 0.717) is 0 Å². The first kappa shape index (κ1) is 30.1. The molecule has 1 fully saturated rings. The number of carbonyl (C=O) groups is 3. The number of carbonyl (C=O) groups excluding carboxylic acids is 3. The van der Waals surface area contributed by atoms with Gasteiger partial charge in [-0.2, -0.15) is 0 Å². The third kappa shape index (κ3) is 4.52. The summed E-state index contributed by atoms with van der Waals surface area (Å²) in [6, 6.07) is 3.64. The van der Waals surface area contributed by atoms with E-state index in [1.165, 1.54) is 25.3 Å². The Labute approximate surface area is 239 Å². The Balaban J connectivity index is 0.00000370. The van der Waals surface area contributed by atoms with E-state index in [2.05, 4.69) is 0 Å². The maximum atomic E-state index is 13.6. The summed E-state index contributed by atoms with van der Waals surface area (Å²) < 4.78 is 17.0. The zero-order valence-corrected chi connectivity index (χ0v) is 22.5. The van der Waals surface area contributed by atoms with Gasteiger partial charge in [0.15, 0.2) is 17.9 Å². The minimum atomic E-state index is -2.24. The maximum Gasteiger partial charge on any atom is 0.202 e. The molecule has 0 bridgehead atoms. The number of ketones is 3. The molecule has 1 saturated heterocycles. The van der Waals surface area contributed by atoms with E-state index in [-0.39, 0.29) is 51.5 Å². The Kier molecular flexibility index (Phi) is 8.16. The molecule has 40 heavy (non-hydrogen) atoms. The smallest absolute Gasteiger partial charge is 0.202 e. The zero-order chi connectivity index (χ0) is 28.4. The first-order chi connectivity index (χ1) is 18.4. The first-order valence-corrected chi connectivity index (χ1v) is 12.4. The number of aromatic hydroxyl groups is 2. The van der Waals surface area contributed by atoms with Gasteiger partial charge in [-0.05, 0) is 13.0 Å². The molecule has 1 heterocycles. The van der Waals surface area contributed by atoms with Gasteiger partial charge < -0.3 is 45.5 Å². The van der Waals surface area contributed by atoms with E-state index in [4.69, 9.17) is 19.9 Å². The van der Waals surface area contributed by atoms with E-state index in [9.17, 15) is 39.9 Å². The van der Waals surface area contributed by atoms with Crippen LogP contribution in [0.2, 0.25) is 0 Å². The summed E-state index contributed by atoms with van der Waals surface area (Å²) in [5.41, 5.74) is 2.37. The van der Waals surface area contributed by atoms with Crippen LogP contribution >= 0.6 is 0 Å². The third-order valence-electron chi connectivity index (χ3n) is 7.81. The number of phenolic OH excluding ortho intramolecular Hbond substituents is 2. The molecule has 3 aliphatic rings. The fourth-order valence-electron chi connectivity index (χ4n) is 5.75. The van der Waals surface area contributed by atoms with Crippen molar-refractivity contribution in [2.24, 2.45) is 5.73 Å². The van der Waals surface area contributed by atoms with Crippen LogP contribution in [0.25, 0.3) is 0 Å². The summed E-state index contributed by atoms with van der Waals surface area (Å²) in [5.74, 6) is -3.77. The molecule has 0 amide bonds. The molecule has 2 aliphatic carbocycles. The van der Waals surface area contributed by atoms with Crippen molar-refractivity contribution >= 4 is 17.3 Å². The van der Waals surface area contributed by atoms with Gasteiger partial charge >= 0.3 is 0 Å². The standard InChI is InChI=1S/C27H29NO11.Cu/c1-10-22(31)13(28)6-17(38-10)39-15-8-27(36,16(30)9-29)7-12-19(15)26(35)21-20(24(12)33)23(32)11-4-3-5-14(37-2)18(11)25(21)34;/h3-5,10,13,15,17,22,29,31,33,35-36H,6-9,28H2,1-2H3;/t10?,13?,15-,17?,22?,27-;/m0./s1. The van der Waals surface area contributed by atoms with Gasteiger partial charge in [-0.25, -0.2) is 0 Å². The number of phenols is 2. The van der Waals surface area contributed by atoms with Crippen LogP contribution in [0.4, 0.5) is 0 Å². The number of Topliss-reactive ketones (excluding diaryl/α,β-unsaturated/α-hetero) is 1. The number of aliphatic hydroxyl groups excluding tert-OH is 2. The van der Waals surface area contributed by atoms with Crippen LogP contribution < -0.4 is 10.5 Å². The van der Waals surface area contributed by atoms with Gasteiger partial charge in [-0.3, -0.25) is 14.4 Å². The van der Waals surface area contributed by atoms with Crippen LogP contribution in [0.3, 0.4) is 0 Å². The van der Waals surface area contributed by atoms with Gasteiger partial charge in [0, 0.05) is 59.1 Å². The number of methoxy groups -OCH3 is 1. The van der Waals surface area contributed by atoms with Gasteiger partial charge in [0.2, 0.25) is 5.78 Å². The van der Waals surface area contributed by atoms with Crippen molar-refractivity contribution in [2.45, 2.75) is 62.4 Å². The number of ether oxygens (including phenoxy) is 3. The van der Waals surface area contributed by atoms with Crippen molar-refractivity contribution in [3.63, 3.8) is 0 Å². The van der Waals surface area contributed by atoms with Crippen LogP contribution in [0.5, 0.6) is 17.2 Å². The van der Waals surface area contributed by atoms with Gasteiger partial charge in [0.25, 0.3) is 0 Å². The summed E-state index contributed by atoms with van der Waals surface area (Å²) in [5, 5.41) is 53.7. The van der Waals surface area contributed by atoms with E-state index >= 15 is 0 Å². The van der Waals surface area contributed by atoms with E-state index in [0.717, 1.165) is 0 Å². The predicted octanol–water partition coefficient (Wildman–Crippen LogP) is -0.00120. The second kappa shape index (κ2) is 10.8. The topological polar surface area (TPSA) is 206 Å². The summed E-state index contributed by atoms with van der Waals surface area (Å²) in [6.07, 6.45) is -5.12. The van der Waals surface area contributed by atoms with Gasteiger partial charge in [0.05, 0.1) is 42.1 Å². The first-order valence-electron chi connectivity index (χ1n) is 12.4. The summed E-state index contributed by atoms with van der Waals surface area (Å²) in [6.45, 7) is 0.560. The number of hydrogen-bond acceptors (Lipinski definition) is 12. The van der Waals surface area contributed by atoms with Crippen LogP contribution in [-0.4, -0.2) is 86.7 Å². The molecule has 1 radical (unpaired) electrons. The predicted molar refractivity (Wildman–Crippen MR) is 132 cm³/mol. The Morgan fingerprint density at radius 1 is 1.15 bits per heavy atom. The average molecular weight is 607 g/mol. The monoisotopic (exact) mass is 606 g/mol. The van der Waals surface area contributed by atoms with Crippen LogP contribution in [0.15, 0.2) is 18.2 Å². The Bertz CT molecular complexity index is 1380. The number of fused-ring (bicyclic) bond motifs is 3. The van der Waals surface area contributed by atoms with Crippen molar-refractivity contribution < 1.29 is 71.2 Å². The van der Waals surface area contributed by atoms with E-state index < -0.39 is 95.7 Å². The van der Waals surface area contributed by atoms with Crippen LogP contribution in [0, 0.1) is 0 Å². The number of hydrogen-bond donors (Lipinski definition) is 6. The molecule has 0 aromatic heterocycles. The Morgan fingerprint density at radius 3 is 2.45 bits per heavy atom. The van der Waals surface area contributed by atoms with Gasteiger partial charge in [0.1, 0.15) is 29.5 Å². The van der Waals surface area contributed by atoms with Gasteiger partial charge in [-0.1, -0.05) is 12.1 Å². The van der Waals surface area contributed by atoms with Crippen molar-refractivity contribution in [1.82, 2.24) is 0 Å². The molecular formula is C27H29CuNO11. The molecule has 6 atom stereocenters. The summed E-state index contributed by atoms with van der Waals surface area (Å²) in [7, 11) is 1.32. The minimum absolute atomic E-state index is 0. The third-order valence-corrected chi connectivity index (χ3v) is 7.81. The van der Waals surface area contributed by atoms with E-state index in [1.54, 1.807) is 6.92 Å². The van der Waals surface area contributed by atoms with Gasteiger partial charge in [-0.15, -0.1) is 0 Å². The molecule has 1 aliphatic heterocycles. The molecule has 7 N–H and O–H groups in total. The van der Waals surface area contributed by atoms with Crippen molar-refractivity contribution in [2.75, 3.05) is 13.7 Å². The SMILES string of the molecule is COc1cccc2c1C(=O)c1c(O)c3c(c(O)c1C2=O)C[C@@](O)(C(=O)CO)C[C@@H]3OC1CC(N)C(O)C(C)O1.[Cu]. The molecule has 5 rings (SSSR count). The largest absolute Gasteiger partial charge is 0.507 e. The zero-order valence-electron chi connectivity index (χ0n) is 21.5. The molecule has 2 aromatic carbocycles. The number of aliphatic hydroxyl groups is 3. The number of benzene rings is 2. The molecule has 219 valence electrons. The molecule has 13 heteroatoms. The van der Waals surface area contributed by atoms with Crippen molar-refractivity contribution in [3.05, 3.63) is 51.6 Å². The van der Waals surface area contributed by atoms with Crippen LogP contribution in [0.1, 0.15) is 68.8 Å². The van der Waals surface area contributed by atoms with Crippen molar-refractivity contribution in [3.8, 4) is 17.2 Å². The Hall–Kier alpha value is -2.87. The minimum Gasteiger partial charge on any atom is -0.507 e. The fraction of sp³-hybridized carbons (Fsp3) is 0.444. The molecule has 2 aromatic rings. The average Bonchev–Trinajstić information content (AvgIpc) is 2.90. The number of nitrogens with two attached hydrogens (primary N) is 1. The Morgan fingerprint density at radius 2 is 1.82 bits per heavy atom. The molecule has 4 unspecified atom stereocenters. The second-order valence-electron chi connectivity index (χ2n) is 10.2. The molecule has 12 nitrogen and oxygen atoms in total. The molecule has 0 spiro atoms.